The van der Waals surface area contributed by atoms with E-state index in [2.05, 4.69) is 5.32 Å². The van der Waals surface area contributed by atoms with E-state index in [1.54, 1.807) is 0 Å². The fourth-order valence-corrected chi connectivity index (χ4v) is 2.38. The maximum absolute atomic E-state index is 12.5. The Morgan fingerprint density at radius 2 is 2.10 bits per heavy atom. The molecule has 1 fully saturated rings. The van der Waals surface area contributed by atoms with Crippen LogP contribution in [0.3, 0.4) is 0 Å². The number of carbonyl (C=O) groups excluding carboxylic acids is 2. The molecule has 1 aliphatic heterocycles. The molecule has 20 heavy (non-hydrogen) atoms. The monoisotopic (exact) mass is 285 g/mol. The molecule has 0 unspecified atom stereocenters. The van der Waals surface area contributed by atoms with Crippen molar-refractivity contribution >= 4 is 17.8 Å². The number of rotatable bonds is 6. The Hall–Kier alpha value is -1.63. The zero-order chi connectivity index (χ0) is 15.3. The van der Waals surface area contributed by atoms with Gasteiger partial charge in [0.05, 0.1) is 6.54 Å². The van der Waals surface area contributed by atoms with Crippen molar-refractivity contribution in [3.63, 3.8) is 0 Å². The lowest BCUT2D eigenvalue weighted by Crippen LogP contribution is -2.55. The Morgan fingerprint density at radius 3 is 2.60 bits per heavy atom. The third kappa shape index (κ3) is 3.69. The van der Waals surface area contributed by atoms with Crippen LogP contribution < -0.4 is 11.1 Å². The first kappa shape index (κ1) is 16.4. The Bertz CT molecular complexity index is 386. The molecule has 1 heterocycles. The molecule has 0 aromatic rings. The van der Waals surface area contributed by atoms with Crippen LogP contribution in [-0.4, -0.2) is 53.0 Å². The van der Waals surface area contributed by atoms with Gasteiger partial charge in [-0.3, -0.25) is 9.59 Å². The van der Waals surface area contributed by atoms with Crippen LogP contribution in [0.25, 0.3) is 0 Å². The quantitative estimate of drug-likeness (QED) is 0.612. The number of hydrogen-bond acceptors (Lipinski definition) is 4. The lowest BCUT2D eigenvalue weighted by molar-refractivity contribution is -0.150. The molecule has 114 valence electrons. The molecular formula is C13H23N3O4. The van der Waals surface area contributed by atoms with Gasteiger partial charge >= 0.3 is 5.97 Å². The number of hydrogen-bond donors (Lipinski definition) is 3. The highest BCUT2D eigenvalue weighted by Crippen LogP contribution is 2.21. The second kappa shape index (κ2) is 7.23. The van der Waals surface area contributed by atoms with Gasteiger partial charge in [-0.1, -0.05) is 20.3 Å². The molecule has 3 atom stereocenters. The molecular weight excluding hydrogens is 262 g/mol. The number of likely N-dealkylation sites (tertiary alicyclic amines) is 1. The van der Waals surface area contributed by atoms with E-state index in [-0.39, 0.29) is 18.4 Å². The van der Waals surface area contributed by atoms with Crippen LogP contribution in [0.5, 0.6) is 0 Å². The van der Waals surface area contributed by atoms with Crippen LogP contribution in [0.4, 0.5) is 0 Å². The van der Waals surface area contributed by atoms with Crippen molar-refractivity contribution in [2.75, 3.05) is 13.1 Å². The van der Waals surface area contributed by atoms with Gasteiger partial charge < -0.3 is 21.1 Å². The van der Waals surface area contributed by atoms with E-state index in [0.29, 0.717) is 25.8 Å². The van der Waals surface area contributed by atoms with Crippen molar-refractivity contribution in [2.45, 2.75) is 45.2 Å². The fraction of sp³-hybridized carbons (Fsp3) is 0.769. The van der Waals surface area contributed by atoms with Crippen LogP contribution in [-0.2, 0) is 14.4 Å². The zero-order valence-corrected chi connectivity index (χ0v) is 12.0. The topological polar surface area (TPSA) is 113 Å². The molecule has 1 rings (SSSR count). The van der Waals surface area contributed by atoms with Crippen LogP contribution in [0, 0.1) is 5.92 Å². The summed E-state index contributed by atoms with van der Waals surface area (Å²) in [5, 5.41) is 11.7. The van der Waals surface area contributed by atoms with Gasteiger partial charge in [0.2, 0.25) is 11.8 Å². The number of carboxylic acids is 1. The molecule has 4 N–H and O–H groups in total. The Labute approximate surface area is 118 Å². The Kier molecular flexibility index (Phi) is 5.94. The number of aliphatic carboxylic acids is 1. The van der Waals surface area contributed by atoms with E-state index in [9.17, 15) is 14.4 Å². The van der Waals surface area contributed by atoms with Crippen molar-refractivity contribution in [1.29, 1.82) is 0 Å². The summed E-state index contributed by atoms with van der Waals surface area (Å²) in [6.45, 7) is 3.99. The predicted octanol–water partition coefficient (Wildman–Crippen LogP) is -0.448. The second-order valence-electron chi connectivity index (χ2n) is 5.16. The summed E-state index contributed by atoms with van der Waals surface area (Å²) >= 11 is 0. The number of carbonyl (C=O) groups is 3. The maximum Gasteiger partial charge on any atom is 0.326 e. The highest BCUT2D eigenvalue weighted by atomic mass is 16.4. The lowest BCUT2D eigenvalue weighted by Gasteiger charge is -2.30. The van der Waals surface area contributed by atoms with Gasteiger partial charge in [-0.15, -0.1) is 0 Å². The smallest absolute Gasteiger partial charge is 0.326 e. The summed E-state index contributed by atoms with van der Waals surface area (Å²) < 4.78 is 0. The van der Waals surface area contributed by atoms with Crippen molar-refractivity contribution in [1.82, 2.24) is 10.2 Å². The second-order valence-corrected chi connectivity index (χ2v) is 5.16. The highest BCUT2D eigenvalue weighted by molar-refractivity contribution is 5.91. The molecule has 0 aromatic heterocycles. The third-order valence-corrected chi connectivity index (χ3v) is 3.80. The molecule has 1 saturated heterocycles. The van der Waals surface area contributed by atoms with Gasteiger partial charge in [-0.25, -0.2) is 4.79 Å². The minimum Gasteiger partial charge on any atom is -0.480 e. The molecule has 1 aliphatic rings. The van der Waals surface area contributed by atoms with Crippen LogP contribution in [0.2, 0.25) is 0 Å². The van der Waals surface area contributed by atoms with Gasteiger partial charge in [-0.2, -0.15) is 0 Å². The minimum atomic E-state index is -0.996. The van der Waals surface area contributed by atoms with Gasteiger partial charge in [0.15, 0.2) is 0 Å². The zero-order valence-electron chi connectivity index (χ0n) is 12.0. The van der Waals surface area contributed by atoms with E-state index in [1.165, 1.54) is 4.90 Å². The molecule has 0 aromatic carbocycles. The van der Waals surface area contributed by atoms with Gasteiger partial charge in [-0.05, 0) is 18.8 Å². The summed E-state index contributed by atoms with van der Waals surface area (Å²) in [6.07, 6.45) is 1.83. The fourth-order valence-electron chi connectivity index (χ4n) is 2.38. The summed E-state index contributed by atoms with van der Waals surface area (Å²) in [5.41, 5.74) is 5.26. The van der Waals surface area contributed by atoms with E-state index < -0.39 is 24.0 Å². The van der Waals surface area contributed by atoms with Crippen LogP contribution >= 0.6 is 0 Å². The summed E-state index contributed by atoms with van der Waals surface area (Å²) in [5.74, 6) is -1.81. The largest absolute Gasteiger partial charge is 0.480 e. The number of amides is 2. The maximum atomic E-state index is 12.5. The molecule has 0 spiro atoms. The molecule has 0 bridgehead atoms. The number of nitrogens with zero attached hydrogens (tertiary/aromatic N) is 1. The minimum absolute atomic E-state index is 0.0759. The molecule has 7 nitrogen and oxygen atoms in total. The van der Waals surface area contributed by atoms with E-state index >= 15 is 0 Å². The SMILES string of the molecule is CC[C@H](C)[C@H](NC(=O)CN)C(=O)N1CCC[C@H]1C(=O)O. The Morgan fingerprint density at radius 1 is 1.45 bits per heavy atom. The average molecular weight is 285 g/mol. The first-order valence-corrected chi connectivity index (χ1v) is 6.95. The molecule has 7 heteroatoms. The first-order chi connectivity index (χ1) is 9.42. The van der Waals surface area contributed by atoms with Crippen LogP contribution in [0.15, 0.2) is 0 Å². The molecule has 0 saturated carbocycles. The van der Waals surface area contributed by atoms with E-state index in [4.69, 9.17) is 10.8 Å². The van der Waals surface area contributed by atoms with Crippen molar-refractivity contribution in [2.24, 2.45) is 11.7 Å². The standard InChI is InChI=1S/C13H23N3O4/c1-3-8(2)11(15-10(17)7-14)12(18)16-6-4-5-9(16)13(19)20/h8-9,11H,3-7,14H2,1-2H3,(H,15,17)(H,19,20)/t8-,9-,11-/m0/s1. The average Bonchev–Trinajstić information content (AvgIpc) is 2.92. The summed E-state index contributed by atoms with van der Waals surface area (Å²) in [6, 6.07) is -1.50. The van der Waals surface area contributed by atoms with E-state index in [1.807, 2.05) is 13.8 Å². The molecule has 0 radical (unpaired) electrons. The van der Waals surface area contributed by atoms with Crippen LogP contribution in [0.1, 0.15) is 33.1 Å². The van der Waals surface area contributed by atoms with Gasteiger partial charge in [0.25, 0.3) is 0 Å². The first-order valence-electron chi connectivity index (χ1n) is 6.95. The van der Waals surface area contributed by atoms with Gasteiger partial charge in [0.1, 0.15) is 12.1 Å². The third-order valence-electron chi connectivity index (χ3n) is 3.80. The number of carboxylic acid groups (broad SMARTS) is 1. The molecule has 0 aliphatic carbocycles. The van der Waals surface area contributed by atoms with Crippen molar-refractivity contribution in [3.8, 4) is 0 Å². The number of nitrogens with two attached hydrogens (primary N) is 1. The number of nitrogens with one attached hydrogen (secondary N) is 1. The molecule has 2 amide bonds. The van der Waals surface area contributed by atoms with Gasteiger partial charge in [0, 0.05) is 6.54 Å². The summed E-state index contributed by atoms with van der Waals surface area (Å²) in [7, 11) is 0. The highest BCUT2D eigenvalue weighted by Gasteiger charge is 2.38. The summed E-state index contributed by atoms with van der Waals surface area (Å²) in [4.78, 5) is 36.5. The predicted molar refractivity (Wildman–Crippen MR) is 72.8 cm³/mol. The van der Waals surface area contributed by atoms with E-state index in [0.717, 1.165) is 0 Å². The Balaban J connectivity index is 2.86. The lowest BCUT2D eigenvalue weighted by atomic mass is 9.97. The van der Waals surface area contributed by atoms with Crippen molar-refractivity contribution in [3.05, 3.63) is 0 Å². The van der Waals surface area contributed by atoms with Crippen molar-refractivity contribution < 1.29 is 19.5 Å². The normalized spacial score (nSPS) is 21.4.